The van der Waals surface area contributed by atoms with Crippen LogP contribution in [0, 0.1) is 0 Å². The molecule has 0 bridgehead atoms. The van der Waals surface area contributed by atoms with Crippen molar-refractivity contribution in [1.29, 1.82) is 0 Å². The molecule has 0 aliphatic carbocycles. The molecule has 2 heterocycles. The zero-order chi connectivity index (χ0) is 20.1. The summed E-state index contributed by atoms with van der Waals surface area (Å²) in [6, 6.07) is 18.4. The maximum Gasteiger partial charge on any atom is 0.196 e. The van der Waals surface area contributed by atoms with Crippen molar-refractivity contribution >= 4 is 11.8 Å². The van der Waals surface area contributed by atoms with Crippen molar-refractivity contribution in [3.8, 4) is 11.4 Å². The maximum atomic E-state index is 5.59. The number of aromatic nitrogens is 5. The minimum atomic E-state index is 0.649. The monoisotopic (exact) mass is 405 g/mol. The van der Waals surface area contributed by atoms with Crippen LogP contribution in [0.3, 0.4) is 0 Å². The summed E-state index contributed by atoms with van der Waals surface area (Å²) >= 11 is 1.63. The molecule has 0 spiro atoms. The van der Waals surface area contributed by atoms with Crippen LogP contribution in [0.4, 0.5) is 0 Å². The first-order valence-corrected chi connectivity index (χ1v) is 10.5. The van der Waals surface area contributed by atoms with E-state index in [9.17, 15) is 0 Å². The third kappa shape index (κ3) is 4.51. The van der Waals surface area contributed by atoms with E-state index >= 15 is 0 Å². The Balaban J connectivity index is 1.66. The lowest BCUT2D eigenvalue weighted by Gasteiger charge is -2.11. The smallest absolute Gasteiger partial charge is 0.196 e. The number of imidazole rings is 1. The highest BCUT2D eigenvalue weighted by atomic mass is 32.2. The molecule has 4 rings (SSSR count). The zero-order valence-corrected chi connectivity index (χ0v) is 17.3. The van der Waals surface area contributed by atoms with Gasteiger partial charge in [0.2, 0.25) is 0 Å². The number of thioether (sulfide) groups is 1. The molecule has 2 aromatic heterocycles. The zero-order valence-electron chi connectivity index (χ0n) is 16.5. The lowest BCUT2D eigenvalue weighted by atomic mass is 10.1. The van der Waals surface area contributed by atoms with Crippen LogP contribution in [0.5, 0.6) is 5.75 Å². The van der Waals surface area contributed by atoms with Gasteiger partial charge >= 0.3 is 0 Å². The van der Waals surface area contributed by atoms with E-state index < -0.39 is 0 Å². The fourth-order valence-corrected chi connectivity index (χ4v) is 4.04. The molecular formula is C22H23N5OS. The van der Waals surface area contributed by atoms with E-state index in [1.54, 1.807) is 11.8 Å². The van der Waals surface area contributed by atoms with Crippen LogP contribution in [-0.4, -0.2) is 30.9 Å². The van der Waals surface area contributed by atoms with Crippen molar-refractivity contribution in [2.75, 3.05) is 6.61 Å². The van der Waals surface area contributed by atoms with E-state index in [-0.39, 0.29) is 0 Å². The number of hydrogen-bond acceptors (Lipinski definition) is 5. The van der Waals surface area contributed by atoms with Crippen LogP contribution >= 0.6 is 11.8 Å². The van der Waals surface area contributed by atoms with Gasteiger partial charge in [-0.1, -0.05) is 42.1 Å². The average molecular weight is 406 g/mol. The number of ether oxygens (including phenoxy) is 1. The lowest BCUT2D eigenvalue weighted by molar-refractivity contribution is 0.340. The molecule has 0 N–H and O–H groups in total. The third-order valence-electron chi connectivity index (χ3n) is 4.56. The van der Waals surface area contributed by atoms with E-state index in [0.717, 1.165) is 34.0 Å². The van der Waals surface area contributed by atoms with Crippen molar-refractivity contribution in [3.05, 3.63) is 84.2 Å². The predicted octanol–water partition coefficient (Wildman–Crippen LogP) is 4.28. The van der Waals surface area contributed by atoms with Gasteiger partial charge in [-0.05, 0) is 36.8 Å². The Kier molecular flexibility index (Phi) is 5.95. The van der Waals surface area contributed by atoms with Crippen LogP contribution < -0.4 is 4.74 Å². The van der Waals surface area contributed by atoms with Crippen LogP contribution in [0.2, 0.25) is 0 Å². The SMILES string of the molecule is CCOc1ccc(-n2c(Cc3ccccc3)nnc2SCc2nccn2C)cc1. The highest BCUT2D eigenvalue weighted by molar-refractivity contribution is 7.98. The summed E-state index contributed by atoms with van der Waals surface area (Å²) in [6.07, 6.45) is 4.48. The number of benzene rings is 2. The normalized spacial score (nSPS) is 11.0. The molecule has 7 heteroatoms. The molecule has 0 aliphatic heterocycles. The lowest BCUT2D eigenvalue weighted by Crippen LogP contribution is -2.04. The standard InChI is InChI=1S/C22H23N5OS/c1-3-28-19-11-9-18(10-12-19)27-20(15-17-7-5-4-6-8-17)24-25-22(27)29-16-21-23-13-14-26(21)2/h4-14H,3,15-16H2,1-2H3. The quantitative estimate of drug-likeness (QED) is 0.410. The summed E-state index contributed by atoms with van der Waals surface area (Å²) in [6.45, 7) is 2.63. The molecule has 0 amide bonds. The Morgan fingerprint density at radius 1 is 0.966 bits per heavy atom. The van der Waals surface area contributed by atoms with Gasteiger partial charge in [-0.15, -0.1) is 10.2 Å². The molecule has 0 saturated carbocycles. The molecule has 0 fully saturated rings. The highest BCUT2D eigenvalue weighted by Gasteiger charge is 2.16. The highest BCUT2D eigenvalue weighted by Crippen LogP contribution is 2.27. The van der Waals surface area contributed by atoms with Crippen LogP contribution in [0.1, 0.15) is 24.1 Å². The molecule has 0 unspecified atom stereocenters. The number of nitrogens with zero attached hydrogens (tertiary/aromatic N) is 5. The Morgan fingerprint density at radius 3 is 2.45 bits per heavy atom. The van der Waals surface area contributed by atoms with Crippen molar-refractivity contribution in [3.63, 3.8) is 0 Å². The van der Waals surface area contributed by atoms with Crippen LogP contribution in [-0.2, 0) is 19.2 Å². The molecule has 6 nitrogen and oxygen atoms in total. The maximum absolute atomic E-state index is 5.59. The van der Waals surface area contributed by atoms with E-state index in [1.165, 1.54) is 5.56 Å². The number of hydrogen-bond donors (Lipinski definition) is 0. The van der Waals surface area contributed by atoms with Gasteiger partial charge in [0, 0.05) is 31.5 Å². The van der Waals surface area contributed by atoms with E-state index in [1.807, 2.05) is 73.4 Å². The largest absolute Gasteiger partial charge is 0.494 e. The van der Waals surface area contributed by atoms with Gasteiger partial charge in [-0.2, -0.15) is 0 Å². The second-order valence-electron chi connectivity index (χ2n) is 6.57. The Labute approximate surface area is 174 Å². The number of rotatable bonds is 8. The average Bonchev–Trinajstić information content (AvgIpc) is 3.34. The van der Waals surface area contributed by atoms with Crippen molar-refractivity contribution in [2.45, 2.75) is 24.3 Å². The Hall–Kier alpha value is -3.06. The second-order valence-corrected chi connectivity index (χ2v) is 7.51. The molecule has 2 aromatic carbocycles. The first-order valence-electron chi connectivity index (χ1n) is 9.55. The fraction of sp³-hybridized carbons (Fsp3) is 0.227. The van der Waals surface area contributed by atoms with E-state index in [4.69, 9.17) is 4.74 Å². The summed E-state index contributed by atoms with van der Waals surface area (Å²) in [4.78, 5) is 4.41. The first kappa shape index (κ1) is 19.3. The molecule has 0 radical (unpaired) electrons. The van der Waals surface area contributed by atoms with Gasteiger partial charge in [0.15, 0.2) is 5.16 Å². The minimum Gasteiger partial charge on any atom is -0.494 e. The van der Waals surface area contributed by atoms with Crippen molar-refractivity contribution < 1.29 is 4.74 Å². The minimum absolute atomic E-state index is 0.649. The fourth-order valence-electron chi connectivity index (χ4n) is 3.07. The summed E-state index contributed by atoms with van der Waals surface area (Å²) in [5.74, 6) is 3.49. The van der Waals surface area contributed by atoms with Gasteiger partial charge in [0.1, 0.15) is 17.4 Å². The summed E-state index contributed by atoms with van der Waals surface area (Å²) in [5, 5.41) is 9.84. The van der Waals surface area contributed by atoms with Gasteiger partial charge in [-0.25, -0.2) is 4.98 Å². The molecule has 4 aromatic rings. The second kappa shape index (κ2) is 8.96. The van der Waals surface area contributed by atoms with Gasteiger partial charge < -0.3 is 9.30 Å². The van der Waals surface area contributed by atoms with Gasteiger partial charge in [0.25, 0.3) is 0 Å². The number of aryl methyl sites for hydroxylation is 1. The topological polar surface area (TPSA) is 57.8 Å². The van der Waals surface area contributed by atoms with Crippen molar-refractivity contribution in [1.82, 2.24) is 24.3 Å². The van der Waals surface area contributed by atoms with Gasteiger partial charge in [0.05, 0.1) is 12.4 Å². The third-order valence-corrected chi connectivity index (χ3v) is 5.49. The summed E-state index contributed by atoms with van der Waals surface area (Å²) in [5.41, 5.74) is 2.22. The molecule has 29 heavy (non-hydrogen) atoms. The molecular weight excluding hydrogens is 382 g/mol. The summed E-state index contributed by atoms with van der Waals surface area (Å²) in [7, 11) is 2.00. The van der Waals surface area contributed by atoms with E-state index in [2.05, 4.69) is 31.9 Å². The molecule has 0 saturated heterocycles. The predicted molar refractivity (Wildman–Crippen MR) is 115 cm³/mol. The van der Waals surface area contributed by atoms with E-state index in [0.29, 0.717) is 13.0 Å². The van der Waals surface area contributed by atoms with Crippen molar-refractivity contribution in [2.24, 2.45) is 7.05 Å². The van der Waals surface area contributed by atoms with Crippen LogP contribution in [0.25, 0.3) is 5.69 Å². The molecule has 0 aliphatic rings. The Bertz CT molecular complexity index is 1060. The first-order chi connectivity index (χ1) is 14.2. The summed E-state index contributed by atoms with van der Waals surface area (Å²) < 4.78 is 9.73. The molecule has 148 valence electrons. The van der Waals surface area contributed by atoms with Crippen LogP contribution in [0.15, 0.2) is 72.1 Å². The Morgan fingerprint density at radius 2 is 1.76 bits per heavy atom. The molecule has 0 atom stereocenters. The van der Waals surface area contributed by atoms with Gasteiger partial charge in [-0.3, -0.25) is 4.57 Å².